The predicted octanol–water partition coefficient (Wildman–Crippen LogP) is 2.58. The van der Waals surface area contributed by atoms with E-state index in [1.54, 1.807) is 29.5 Å². The van der Waals surface area contributed by atoms with Gasteiger partial charge in [0.15, 0.2) is 5.82 Å². The zero-order valence-corrected chi connectivity index (χ0v) is 16.7. The second-order valence-electron chi connectivity index (χ2n) is 7.48. The van der Waals surface area contributed by atoms with E-state index < -0.39 is 0 Å². The molecular formula is C21H25N7O. The molecule has 0 aromatic carbocycles. The summed E-state index contributed by atoms with van der Waals surface area (Å²) in [5, 5.41) is 7.63. The van der Waals surface area contributed by atoms with Crippen molar-refractivity contribution < 1.29 is 4.79 Å². The van der Waals surface area contributed by atoms with Crippen LogP contribution in [0.4, 0.5) is 5.95 Å². The van der Waals surface area contributed by atoms with Crippen LogP contribution in [0.5, 0.6) is 0 Å². The lowest BCUT2D eigenvalue weighted by Crippen LogP contribution is -2.45. The average molecular weight is 391 g/mol. The molecule has 1 N–H and O–H groups in total. The van der Waals surface area contributed by atoms with Gasteiger partial charge in [0.2, 0.25) is 5.95 Å². The van der Waals surface area contributed by atoms with Crippen LogP contribution in [0.2, 0.25) is 0 Å². The van der Waals surface area contributed by atoms with Gasteiger partial charge in [-0.05, 0) is 37.0 Å². The summed E-state index contributed by atoms with van der Waals surface area (Å²) in [6.07, 6.45) is 8.59. The fraction of sp³-hybridized carbons (Fsp3) is 0.381. The monoisotopic (exact) mass is 391 g/mol. The fourth-order valence-electron chi connectivity index (χ4n) is 3.69. The molecule has 0 radical (unpaired) electrons. The highest BCUT2D eigenvalue weighted by molar-refractivity contribution is 5.95. The summed E-state index contributed by atoms with van der Waals surface area (Å²) in [6, 6.07) is 7.61. The van der Waals surface area contributed by atoms with Gasteiger partial charge in [0.1, 0.15) is 0 Å². The molecule has 8 heteroatoms. The van der Waals surface area contributed by atoms with Crippen LogP contribution in [-0.2, 0) is 0 Å². The van der Waals surface area contributed by atoms with Crippen LogP contribution in [0.15, 0.2) is 49.1 Å². The third-order valence-electron chi connectivity index (χ3n) is 5.13. The van der Waals surface area contributed by atoms with Crippen molar-refractivity contribution in [1.29, 1.82) is 0 Å². The van der Waals surface area contributed by atoms with E-state index in [1.807, 2.05) is 24.3 Å². The Kier molecular flexibility index (Phi) is 5.50. The van der Waals surface area contributed by atoms with Crippen LogP contribution in [0, 0.1) is 0 Å². The highest BCUT2D eigenvalue weighted by Crippen LogP contribution is 2.23. The van der Waals surface area contributed by atoms with Gasteiger partial charge in [-0.25, -0.2) is 19.6 Å². The van der Waals surface area contributed by atoms with Gasteiger partial charge >= 0.3 is 0 Å². The molecule has 1 fully saturated rings. The van der Waals surface area contributed by atoms with Gasteiger partial charge in [-0.1, -0.05) is 19.9 Å². The number of amides is 1. The summed E-state index contributed by atoms with van der Waals surface area (Å²) in [5.74, 6) is 1.52. The summed E-state index contributed by atoms with van der Waals surface area (Å²) < 4.78 is 1.76. The van der Waals surface area contributed by atoms with Crippen LogP contribution >= 0.6 is 0 Å². The number of nitrogens with zero attached hydrogens (tertiary/aromatic N) is 6. The van der Waals surface area contributed by atoms with Crippen LogP contribution in [0.3, 0.4) is 0 Å². The second kappa shape index (κ2) is 8.38. The van der Waals surface area contributed by atoms with E-state index in [1.165, 1.54) is 0 Å². The Balaban J connectivity index is 1.45. The number of nitrogens with one attached hydrogen (secondary N) is 1. The molecule has 0 spiro atoms. The minimum Gasteiger partial charge on any atom is -0.349 e. The Morgan fingerprint density at radius 3 is 2.45 bits per heavy atom. The highest BCUT2D eigenvalue weighted by Gasteiger charge is 2.26. The number of pyridine rings is 1. The first-order valence-electron chi connectivity index (χ1n) is 9.95. The standard InChI is InChI=1S/C21H25N7O/c1-15(2)19-17(14-25-28(19)18-6-3-4-9-22-18)20(29)26-16-7-12-27(13-8-16)21-23-10-5-11-24-21/h3-6,9-11,14-16H,7-8,12-13H2,1-2H3,(H,26,29). The Morgan fingerprint density at radius 1 is 1.07 bits per heavy atom. The first-order valence-corrected chi connectivity index (χ1v) is 9.95. The van der Waals surface area contributed by atoms with Gasteiger partial charge < -0.3 is 10.2 Å². The fourth-order valence-corrected chi connectivity index (χ4v) is 3.69. The van der Waals surface area contributed by atoms with Gasteiger partial charge in [0.05, 0.1) is 17.5 Å². The molecule has 0 saturated carbocycles. The maximum atomic E-state index is 13.0. The van der Waals surface area contributed by atoms with Gasteiger partial charge in [0.25, 0.3) is 5.91 Å². The average Bonchev–Trinajstić information content (AvgIpc) is 3.21. The van der Waals surface area contributed by atoms with E-state index in [0.717, 1.165) is 37.6 Å². The molecule has 1 aliphatic rings. The van der Waals surface area contributed by atoms with Crippen molar-refractivity contribution in [2.45, 2.75) is 38.6 Å². The largest absolute Gasteiger partial charge is 0.349 e. The molecule has 0 atom stereocenters. The van der Waals surface area contributed by atoms with Crippen LogP contribution in [-0.4, -0.2) is 49.8 Å². The van der Waals surface area contributed by atoms with Gasteiger partial charge in [-0.2, -0.15) is 5.10 Å². The first-order chi connectivity index (χ1) is 14.1. The molecule has 4 rings (SSSR count). The Labute approximate surface area is 170 Å². The van der Waals surface area contributed by atoms with Crippen LogP contribution in [0.25, 0.3) is 5.82 Å². The summed E-state index contributed by atoms with van der Waals surface area (Å²) in [7, 11) is 0. The minimum absolute atomic E-state index is 0.0784. The quantitative estimate of drug-likeness (QED) is 0.719. The predicted molar refractivity (Wildman–Crippen MR) is 110 cm³/mol. The Bertz CT molecular complexity index is 948. The number of piperidine rings is 1. The number of carbonyl (C=O) groups is 1. The van der Waals surface area contributed by atoms with Crippen molar-refractivity contribution >= 4 is 11.9 Å². The molecule has 8 nitrogen and oxygen atoms in total. The SMILES string of the molecule is CC(C)c1c(C(=O)NC2CCN(c3ncccn3)CC2)cnn1-c1ccccn1. The first kappa shape index (κ1) is 19.0. The van der Waals surface area contributed by atoms with Crippen molar-refractivity contribution in [2.75, 3.05) is 18.0 Å². The second-order valence-corrected chi connectivity index (χ2v) is 7.48. The van der Waals surface area contributed by atoms with E-state index in [-0.39, 0.29) is 17.9 Å². The summed E-state index contributed by atoms with van der Waals surface area (Å²) in [4.78, 5) is 28.2. The molecular weight excluding hydrogens is 366 g/mol. The third kappa shape index (κ3) is 4.11. The normalized spacial score (nSPS) is 14.9. The van der Waals surface area contributed by atoms with Crippen molar-refractivity contribution in [2.24, 2.45) is 0 Å². The van der Waals surface area contributed by atoms with E-state index in [2.05, 4.69) is 44.1 Å². The number of rotatable bonds is 5. The summed E-state index contributed by atoms with van der Waals surface area (Å²) >= 11 is 0. The zero-order chi connectivity index (χ0) is 20.2. The molecule has 0 unspecified atom stereocenters. The lowest BCUT2D eigenvalue weighted by molar-refractivity contribution is 0.0929. The zero-order valence-electron chi connectivity index (χ0n) is 16.7. The molecule has 1 saturated heterocycles. The van der Waals surface area contributed by atoms with Gasteiger partial charge in [0, 0.05) is 37.7 Å². The smallest absolute Gasteiger partial charge is 0.255 e. The van der Waals surface area contributed by atoms with E-state index >= 15 is 0 Å². The Hall–Kier alpha value is -3.29. The van der Waals surface area contributed by atoms with Crippen molar-refractivity contribution in [3.05, 3.63) is 60.3 Å². The number of aromatic nitrogens is 5. The molecule has 3 aromatic rings. The molecule has 150 valence electrons. The molecule has 0 aliphatic carbocycles. The van der Waals surface area contributed by atoms with E-state index in [9.17, 15) is 4.79 Å². The van der Waals surface area contributed by atoms with Crippen LogP contribution in [0.1, 0.15) is 48.7 Å². The van der Waals surface area contributed by atoms with E-state index in [4.69, 9.17) is 0 Å². The summed E-state index contributed by atoms with van der Waals surface area (Å²) in [5.41, 5.74) is 1.48. The highest BCUT2D eigenvalue weighted by atomic mass is 16.1. The molecule has 1 amide bonds. The molecule has 1 aliphatic heterocycles. The third-order valence-corrected chi connectivity index (χ3v) is 5.13. The molecule has 29 heavy (non-hydrogen) atoms. The van der Waals surface area contributed by atoms with Gasteiger partial charge in [-0.15, -0.1) is 0 Å². The molecule has 0 bridgehead atoms. The van der Waals surface area contributed by atoms with Crippen molar-refractivity contribution in [1.82, 2.24) is 30.0 Å². The maximum absolute atomic E-state index is 13.0. The number of anilines is 1. The van der Waals surface area contributed by atoms with Crippen LogP contribution < -0.4 is 10.2 Å². The van der Waals surface area contributed by atoms with Crippen molar-refractivity contribution in [3.63, 3.8) is 0 Å². The maximum Gasteiger partial charge on any atom is 0.255 e. The van der Waals surface area contributed by atoms with Gasteiger partial charge in [-0.3, -0.25) is 4.79 Å². The lowest BCUT2D eigenvalue weighted by Gasteiger charge is -2.32. The number of carbonyl (C=O) groups excluding carboxylic acids is 1. The molecule has 4 heterocycles. The minimum atomic E-state index is -0.0784. The molecule has 3 aromatic heterocycles. The topological polar surface area (TPSA) is 88.8 Å². The van der Waals surface area contributed by atoms with E-state index in [0.29, 0.717) is 11.4 Å². The number of hydrogen-bond donors (Lipinski definition) is 1. The lowest BCUT2D eigenvalue weighted by atomic mass is 10.0. The Morgan fingerprint density at radius 2 is 1.79 bits per heavy atom. The summed E-state index contributed by atoms with van der Waals surface area (Å²) in [6.45, 7) is 5.76. The van der Waals surface area contributed by atoms with Crippen molar-refractivity contribution in [3.8, 4) is 5.82 Å². The number of hydrogen-bond acceptors (Lipinski definition) is 6.